The fourth-order valence-electron chi connectivity index (χ4n) is 5.48. The second-order valence-electron chi connectivity index (χ2n) is 9.97. The molecule has 0 saturated carbocycles. The number of hydrogen-bond donors (Lipinski definition) is 0. The first kappa shape index (κ1) is 25.9. The van der Waals surface area contributed by atoms with Crippen LogP contribution < -0.4 is 15.6 Å². The van der Waals surface area contributed by atoms with Crippen molar-refractivity contribution in [1.82, 2.24) is 0 Å². The Morgan fingerprint density at radius 1 is 0.341 bits per heavy atom. The third-order valence-corrected chi connectivity index (χ3v) is 11.7. The Bertz CT molecular complexity index is 1630. The predicted octanol–water partition coefficient (Wildman–Crippen LogP) is 7.33. The molecule has 0 fully saturated rings. The van der Waals surface area contributed by atoms with Crippen molar-refractivity contribution in [3.8, 4) is 57.2 Å². The van der Waals surface area contributed by atoms with Crippen LogP contribution in [0.3, 0.4) is 0 Å². The maximum atomic E-state index is 5.77. The van der Waals surface area contributed by atoms with Gasteiger partial charge in [-0.25, -0.2) is 0 Å². The third kappa shape index (κ3) is 5.28. The molecule has 41 heavy (non-hydrogen) atoms. The molecule has 6 aromatic carbocycles. The van der Waals surface area contributed by atoms with Crippen LogP contribution in [0.15, 0.2) is 164 Å². The van der Waals surface area contributed by atoms with E-state index in [9.17, 15) is 0 Å². The van der Waals surface area contributed by atoms with Crippen LogP contribution in [-0.4, -0.2) is 8.07 Å². The second kappa shape index (κ2) is 11.8. The maximum Gasteiger partial charge on any atom is 0.231 e. The number of terminal acetylenes is 1. The highest BCUT2D eigenvalue weighted by Crippen LogP contribution is 2.22. The Kier molecular flexibility index (Phi) is 7.46. The Hall–Kier alpha value is -5.34. The topological polar surface area (TPSA) is 0 Å². The molecule has 0 amide bonds. The molecule has 192 valence electrons. The van der Waals surface area contributed by atoms with Crippen molar-refractivity contribution in [3.05, 3.63) is 164 Å². The summed E-state index contributed by atoms with van der Waals surface area (Å²) in [6.45, 7) is 0. The van der Waals surface area contributed by atoms with Crippen molar-refractivity contribution in [2.24, 2.45) is 0 Å². The van der Waals surface area contributed by atoms with Crippen LogP contribution in [0.4, 0.5) is 0 Å². The van der Waals surface area contributed by atoms with Gasteiger partial charge in [0.25, 0.3) is 0 Å². The minimum absolute atomic E-state index is 1.18. The molecule has 0 aliphatic rings. The van der Waals surface area contributed by atoms with Gasteiger partial charge in [-0.2, -0.15) is 0 Å². The van der Waals surface area contributed by atoms with Gasteiger partial charge in [0.15, 0.2) is 0 Å². The first-order valence-corrected chi connectivity index (χ1v) is 15.7. The first-order chi connectivity index (χ1) is 20.3. The average Bonchev–Trinajstić information content (AvgIpc) is 3.07. The fourth-order valence-corrected chi connectivity index (χ4v) is 9.17. The zero-order chi connectivity index (χ0) is 27.9. The molecule has 1 heteroatoms. The molecule has 6 rings (SSSR count). The lowest BCUT2D eigenvalue weighted by Crippen LogP contribution is -2.66. The van der Waals surface area contributed by atoms with E-state index >= 15 is 0 Å². The van der Waals surface area contributed by atoms with Gasteiger partial charge in [-0.15, -0.1) is 12.0 Å². The van der Waals surface area contributed by atoms with Gasteiger partial charge >= 0.3 is 0 Å². The second-order valence-corrected chi connectivity index (χ2v) is 13.5. The minimum atomic E-state index is -2.82. The molecule has 0 nitrogen and oxygen atoms in total. The Morgan fingerprint density at radius 3 is 0.878 bits per heavy atom. The van der Waals surface area contributed by atoms with E-state index in [-0.39, 0.29) is 0 Å². The van der Waals surface area contributed by atoms with Gasteiger partial charge in [0.1, 0.15) is 0 Å². The van der Waals surface area contributed by atoms with Gasteiger partial charge in [0.05, 0.1) is 0 Å². The summed E-state index contributed by atoms with van der Waals surface area (Å²) in [5, 5.41) is 3.62. The van der Waals surface area contributed by atoms with Crippen molar-refractivity contribution >= 4 is 23.6 Å². The van der Waals surface area contributed by atoms with Gasteiger partial charge in [-0.05, 0) is 60.8 Å². The summed E-state index contributed by atoms with van der Waals surface area (Å²) in [5.74, 6) is 5.68. The SMILES string of the molecule is C#CC#C[Si](c1ccc(-c2ccccc2)cc1)(c1ccc(-c2ccccc2)cc1)c1ccc(-c2ccccc2)cc1. The van der Waals surface area contributed by atoms with Gasteiger partial charge in [0, 0.05) is 0 Å². The quantitative estimate of drug-likeness (QED) is 0.119. The maximum absolute atomic E-state index is 5.77. The van der Waals surface area contributed by atoms with Crippen molar-refractivity contribution in [1.29, 1.82) is 0 Å². The molecule has 0 radical (unpaired) electrons. The summed E-state index contributed by atoms with van der Waals surface area (Å²) < 4.78 is 0. The van der Waals surface area contributed by atoms with Crippen LogP contribution in [0, 0.1) is 23.8 Å². The van der Waals surface area contributed by atoms with Crippen molar-refractivity contribution in [2.45, 2.75) is 0 Å². The molecular weight excluding hydrogens is 509 g/mol. The summed E-state index contributed by atoms with van der Waals surface area (Å²) in [7, 11) is -2.82. The molecule has 0 aliphatic carbocycles. The summed E-state index contributed by atoms with van der Waals surface area (Å²) in [5.41, 5.74) is 10.8. The van der Waals surface area contributed by atoms with Crippen molar-refractivity contribution in [3.63, 3.8) is 0 Å². The van der Waals surface area contributed by atoms with E-state index in [2.05, 4.69) is 163 Å². The Morgan fingerprint density at radius 2 is 0.610 bits per heavy atom. The van der Waals surface area contributed by atoms with E-state index in [1.54, 1.807) is 0 Å². The van der Waals surface area contributed by atoms with E-state index in [0.29, 0.717) is 0 Å². The van der Waals surface area contributed by atoms with Gasteiger partial charge in [-0.1, -0.05) is 164 Å². The highest BCUT2D eigenvalue weighted by molar-refractivity contribution is 7.16. The molecule has 0 bridgehead atoms. The Labute approximate surface area is 244 Å². The molecule has 6 aromatic rings. The number of hydrogen-bond acceptors (Lipinski definition) is 0. The normalized spacial score (nSPS) is 10.7. The minimum Gasteiger partial charge on any atom is -0.106 e. The van der Waals surface area contributed by atoms with E-state index in [1.165, 1.54) is 48.9 Å². The van der Waals surface area contributed by atoms with Gasteiger partial charge in [-0.3, -0.25) is 0 Å². The van der Waals surface area contributed by atoms with Crippen LogP contribution in [0.25, 0.3) is 33.4 Å². The molecule has 0 unspecified atom stereocenters. The van der Waals surface area contributed by atoms with E-state index in [4.69, 9.17) is 6.42 Å². The summed E-state index contributed by atoms with van der Waals surface area (Å²) in [6.07, 6.45) is 5.77. The number of benzene rings is 6. The van der Waals surface area contributed by atoms with Gasteiger partial charge in [0.2, 0.25) is 8.07 Å². The molecule has 0 aliphatic heterocycles. The first-order valence-electron chi connectivity index (χ1n) is 13.7. The van der Waals surface area contributed by atoms with E-state index in [0.717, 1.165) is 0 Å². The van der Waals surface area contributed by atoms with Crippen LogP contribution in [0.2, 0.25) is 0 Å². The van der Waals surface area contributed by atoms with Crippen molar-refractivity contribution in [2.75, 3.05) is 0 Å². The van der Waals surface area contributed by atoms with Gasteiger partial charge < -0.3 is 0 Å². The predicted molar refractivity (Wildman–Crippen MR) is 177 cm³/mol. The van der Waals surface area contributed by atoms with Crippen LogP contribution in [-0.2, 0) is 0 Å². The lowest BCUT2D eigenvalue weighted by atomic mass is 10.1. The lowest BCUT2D eigenvalue weighted by molar-refractivity contribution is 1.61. The Balaban J connectivity index is 1.52. The largest absolute Gasteiger partial charge is 0.231 e. The van der Waals surface area contributed by atoms with Crippen LogP contribution >= 0.6 is 0 Å². The number of rotatable bonds is 6. The summed E-state index contributed by atoms with van der Waals surface area (Å²) in [4.78, 5) is 0. The lowest BCUT2D eigenvalue weighted by Gasteiger charge is -2.28. The van der Waals surface area contributed by atoms with Crippen molar-refractivity contribution < 1.29 is 0 Å². The molecule has 0 atom stereocenters. The molecule has 0 aromatic heterocycles. The third-order valence-electron chi connectivity index (χ3n) is 7.60. The molecular formula is C40H28Si. The smallest absolute Gasteiger partial charge is 0.106 e. The molecule has 0 N–H and O–H groups in total. The van der Waals surface area contributed by atoms with Crippen LogP contribution in [0.1, 0.15) is 0 Å². The monoisotopic (exact) mass is 536 g/mol. The van der Waals surface area contributed by atoms with E-state index in [1.807, 2.05) is 18.2 Å². The average molecular weight is 537 g/mol. The fraction of sp³-hybridized carbons (Fsp3) is 0. The standard InChI is InChI=1S/C40H28Si/c1-2-3-31-41(38-25-19-35(20-26-38)32-13-7-4-8-14-32,39-27-21-36(22-28-39)33-15-9-5-10-16-33)40-29-23-37(24-30-40)34-17-11-6-12-18-34/h1,4-30H. The molecule has 0 spiro atoms. The van der Waals surface area contributed by atoms with E-state index < -0.39 is 8.07 Å². The zero-order valence-electron chi connectivity index (χ0n) is 22.7. The molecule has 0 heterocycles. The van der Waals surface area contributed by atoms with Crippen LogP contribution in [0.5, 0.6) is 0 Å². The summed E-state index contributed by atoms with van der Waals surface area (Å²) in [6, 6.07) is 58.1. The molecule has 0 saturated heterocycles. The highest BCUT2D eigenvalue weighted by atomic mass is 28.3. The summed E-state index contributed by atoms with van der Waals surface area (Å²) >= 11 is 0. The zero-order valence-corrected chi connectivity index (χ0v) is 23.7. The highest BCUT2D eigenvalue weighted by Gasteiger charge is 2.38.